The summed E-state index contributed by atoms with van der Waals surface area (Å²) in [6, 6.07) is 12.8. The van der Waals surface area contributed by atoms with Crippen molar-refractivity contribution in [2.45, 2.75) is 12.5 Å². The number of pyridine rings is 1. The fourth-order valence-corrected chi connectivity index (χ4v) is 4.71. The van der Waals surface area contributed by atoms with Crippen molar-refractivity contribution in [2.24, 2.45) is 0 Å². The van der Waals surface area contributed by atoms with Crippen LogP contribution in [0.1, 0.15) is 28.4 Å². The van der Waals surface area contributed by atoms with Crippen molar-refractivity contribution < 1.29 is 9.53 Å². The monoisotopic (exact) mass is 481 g/mol. The third kappa shape index (κ3) is 3.98. The second kappa shape index (κ2) is 8.57. The van der Waals surface area contributed by atoms with Gasteiger partial charge in [-0.25, -0.2) is 9.67 Å². The molecule has 1 amide bonds. The molecule has 0 spiro atoms. The van der Waals surface area contributed by atoms with Crippen LogP contribution in [0.4, 0.5) is 5.69 Å². The maximum atomic E-state index is 13.4. The Morgan fingerprint density at radius 1 is 1.15 bits per heavy atom. The lowest BCUT2D eigenvalue weighted by Crippen LogP contribution is -2.33. The predicted octanol–water partition coefficient (Wildman–Crippen LogP) is 5.05. The molecule has 0 aliphatic carbocycles. The number of hydrogen-bond donors (Lipinski definition) is 1. The molecule has 4 aromatic rings. The van der Waals surface area contributed by atoms with Crippen LogP contribution in [0, 0.1) is 0 Å². The highest BCUT2D eigenvalue weighted by Crippen LogP contribution is 2.34. The molecular formula is C24H21Cl2N5O2. The van der Waals surface area contributed by atoms with E-state index in [2.05, 4.69) is 15.4 Å². The van der Waals surface area contributed by atoms with Gasteiger partial charge in [0.2, 0.25) is 0 Å². The Bertz CT molecular complexity index is 1350. The number of amides is 1. The molecule has 1 atom stereocenters. The smallest absolute Gasteiger partial charge is 0.255 e. The third-order valence-corrected chi connectivity index (χ3v) is 6.05. The van der Waals surface area contributed by atoms with Crippen LogP contribution in [0.15, 0.2) is 54.9 Å². The zero-order valence-electron chi connectivity index (χ0n) is 18.0. The van der Waals surface area contributed by atoms with Crippen LogP contribution in [0.25, 0.3) is 16.7 Å². The number of halogens is 2. The van der Waals surface area contributed by atoms with Gasteiger partial charge in [-0.15, -0.1) is 0 Å². The van der Waals surface area contributed by atoms with Gasteiger partial charge >= 0.3 is 0 Å². The number of benzene rings is 2. The van der Waals surface area contributed by atoms with Gasteiger partial charge in [0, 0.05) is 42.3 Å². The van der Waals surface area contributed by atoms with Crippen molar-refractivity contribution in [3.05, 3.63) is 76.0 Å². The molecule has 33 heavy (non-hydrogen) atoms. The number of ether oxygens (including phenoxy) is 1. The van der Waals surface area contributed by atoms with Gasteiger partial charge < -0.3 is 15.0 Å². The summed E-state index contributed by atoms with van der Waals surface area (Å²) in [6.07, 6.45) is 3.98. The summed E-state index contributed by atoms with van der Waals surface area (Å²) in [5.74, 6) is 0.602. The number of carbonyl (C=O) groups excluding carboxylic acids is 1. The maximum absolute atomic E-state index is 13.4. The molecule has 0 fully saturated rings. The Balaban J connectivity index is 1.54. The first-order valence-corrected chi connectivity index (χ1v) is 11.2. The predicted molar refractivity (Wildman–Crippen MR) is 130 cm³/mol. The van der Waals surface area contributed by atoms with E-state index in [0.717, 1.165) is 22.4 Å². The summed E-state index contributed by atoms with van der Waals surface area (Å²) in [6.45, 7) is 0.550. The first-order valence-electron chi connectivity index (χ1n) is 10.5. The number of anilines is 1. The van der Waals surface area contributed by atoms with Crippen molar-refractivity contribution in [1.29, 1.82) is 0 Å². The molecule has 0 unspecified atom stereocenters. The number of rotatable bonds is 4. The van der Waals surface area contributed by atoms with E-state index in [-0.39, 0.29) is 11.9 Å². The van der Waals surface area contributed by atoms with Crippen LogP contribution in [-0.4, -0.2) is 41.4 Å². The SMILES string of the molecule is CN(C)c1c(C(=O)N[C@H]2CCOc3ccccc32)cnc2c1cnn2-c1cc(Cl)cc(Cl)c1. The minimum absolute atomic E-state index is 0.135. The number of fused-ring (bicyclic) bond motifs is 2. The highest BCUT2D eigenvalue weighted by molar-refractivity contribution is 6.34. The molecule has 1 aliphatic rings. The van der Waals surface area contributed by atoms with E-state index in [9.17, 15) is 4.79 Å². The Morgan fingerprint density at radius 3 is 2.67 bits per heavy atom. The van der Waals surface area contributed by atoms with Gasteiger partial charge in [-0.05, 0) is 24.3 Å². The number of carbonyl (C=O) groups is 1. The lowest BCUT2D eigenvalue weighted by molar-refractivity contribution is 0.0925. The average Bonchev–Trinajstić information content (AvgIpc) is 3.22. The van der Waals surface area contributed by atoms with Gasteiger partial charge in [0.05, 0.1) is 41.2 Å². The van der Waals surface area contributed by atoms with Crippen molar-refractivity contribution in [1.82, 2.24) is 20.1 Å². The van der Waals surface area contributed by atoms with E-state index in [1.54, 1.807) is 35.3 Å². The topological polar surface area (TPSA) is 72.3 Å². The molecular weight excluding hydrogens is 461 g/mol. The number of aromatic nitrogens is 3. The summed E-state index contributed by atoms with van der Waals surface area (Å²) >= 11 is 12.4. The summed E-state index contributed by atoms with van der Waals surface area (Å²) in [4.78, 5) is 19.9. The van der Waals surface area contributed by atoms with E-state index in [4.69, 9.17) is 27.9 Å². The molecule has 168 valence electrons. The zero-order chi connectivity index (χ0) is 23.1. The maximum Gasteiger partial charge on any atom is 0.255 e. The fourth-order valence-electron chi connectivity index (χ4n) is 4.19. The van der Waals surface area contributed by atoms with E-state index in [0.29, 0.717) is 40.0 Å². The standard InChI is InChI=1S/C24H21Cl2N5O2/c1-30(2)22-18-13-28-31(16-10-14(25)9-15(26)11-16)23(18)27-12-19(22)24(32)29-20-7-8-33-21-6-4-3-5-17(20)21/h3-6,9-13,20H,7-8H2,1-2H3,(H,29,32)/t20-/m0/s1. The second-order valence-corrected chi connectivity index (χ2v) is 8.91. The lowest BCUT2D eigenvalue weighted by atomic mass is 10.00. The number of para-hydroxylation sites is 1. The van der Waals surface area contributed by atoms with E-state index >= 15 is 0 Å². The normalized spacial score (nSPS) is 15.1. The Hall–Kier alpha value is -3.29. The molecule has 3 heterocycles. The van der Waals surface area contributed by atoms with Gasteiger partial charge in [-0.2, -0.15) is 5.10 Å². The van der Waals surface area contributed by atoms with Gasteiger partial charge in [0.15, 0.2) is 5.65 Å². The van der Waals surface area contributed by atoms with E-state index < -0.39 is 0 Å². The Morgan fingerprint density at radius 2 is 1.91 bits per heavy atom. The average molecular weight is 482 g/mol. The second-order valence-electron chi connectivity index (χ2n) is 8.04. The first-order chi connectivity index (χ1) is 15.9. The van der Waals surface area contributed by atoms with Crippen LogP contribution in [0.3, 0.4) is 0 Å². The van der Waals surface area contributed by atoms with E-state index in [1.165, 1.54) is 0 Å². The highest BCUT2D eigenvalue weighted by Gasteiger charge is 2.26. The Labute approximate surface area is 200 Å². The van der Waals surface area contributed by atoms with Crippen LogP contribution in [0.2, 0.25) is 10.0 Å². The molecule has 1 aliphatic heterocycles. The largest absolute Gasteiger partial charge is 0.493 e. The van der Waals surface area contributed by atoms with Gasteiger partial charge in [-0.1, -0.05) is 41.4 Å². The third-order valence-electron chi connectivity index (χ3n) is 5.62. The zero-order valence-corrected chi connectivity index (χ0v) is 19.6. The Kier molecular flexibility index (Phi) is 5.60. The van der Waals surface area contributed by atoms with Gasteiger partial charge in [-0.3, -0.25) is 4.79 Å². The summed E-state index contributed by atoms with van der Waals surface area (Å²) in [7, 11) is 3.78. The number of nitrogens with zero attached hydrogens (tertiary/aromatic N) is 4. The molecule has 1 N–H and O–H groups in total. The quantitative estimate of drug-likeness (QED) is 0.441. The molecule has 0 saturated carbocycles. The number of hydrogen-bond acceptors (Lipinski definition) is 5. The molecule has 2 aromatic carbocycles. The van der Waals surface area contributed by atoms with Crippen molar-refractivity contribution >= 4 is 45.8 Å². The molecule has 0 saturated heterocycles. The van der Waals surface area contributed by atoms with Crippen LogP contribution >= 0.6 is 23.2 Å². The minimum Gasteiger partial charge on any atom is -0.493 e. The summed E-state index contributed by atoms with van der Waals surface area (Å²) in [5, 5.41) is 9.41. The van der Waals surface area contributed by atoms with Crippen molar-refractivity contribution in [3.63, 3.8) is 0 Å². The van der Waals surface area contributed by atoms with Crippen molar-refractivity contribution in [2.75, 3.05) is 25.6 Å². The van der Waals surface area contributed by atoms with E-state index in [1.807, 2.05) is 43.3 Å². The molecule has 7 nitrogen and oxygen atoms in total. The van der Waals surface area contributed by atoms with Crippen LogP contribution in [0.5, 0.6) is 5.75 Å². The summed E-state index contributed by atoms with van der Waals surface area (Å²) in [5.41, 5.74) is 3.47. The van der Waals surface area contributed by atoms with Crippen molar-refractivity contribution in [3.8, 4) is 11.4 Å². The summed E-state index contributed by atoms with van der Waals surface area (Å²) < 4.78 is 7.38. The van der Waals surface area contributed by atoms with Crippen LogP contribution < -0.4 is 15.0 Å². The molecule has 0 bridgehead atoms. The first kappa shape index (κ1) is 21.6. The molecule has 2 aromatic heterocycles. The molecule has 5 rings (SSSR count). The van der Waals surface area contributed by atoms with Gasteiger partial charge in [0.25, 0.3) is 5.91 Å². The number of nitrogens with one attached hydrogen (secondary N) is 1. The fraction of sp³-hybridized carbons (Fsp3) is 0.208. The molecule has 9 heteroatoms. The molecule has 0 radical (unpaired) electrons. The van der Waals surface area contributed by atoms with Gasteiger partial charge in [0.1, 0.15) is 5.75 Å². The lowest BCUT2D eigenvalue weighted by Gasteiger charge is -2.27. The highest BCUT2D eigenvalue weighted by atomic mass is 35.5. The minimum atomic E-state index is -0.201. The van der Waals surface area contributed by atoms with Crippen LogP contribution in [-0.2, 0) is 0 Å².